The summed E-state index contributed by atoms with van der Waals surface area (Å²) in [5, 5.41) is 4.32. The SMILES string of the molecule is N.O=Cc1cc2cc(N3CCNCC3)ccc2o1. The summed E-state index contributed by atoms with van der Waals surface area (Å²) in [7, 11) is 0. The largest absolute Gasteiger partial charge is 0.453 e. The number of nitrogens with zero attached hydrogens (tertiary/aromatic N) is 1. The zero-order valence-corrected chi connectivity index (χ0v) is 10.2. The molecule has 1 fully saturated rings. The van der Waals surface area contributed by atoms with Gasteiger partial charge in [-0.1, -0.05) is 0 Å². The van der Waals surface area contributed by atoms with Gasteiger partial charge in [-0.15, -0.1) is 0 Å². The number of furan rings is 1. The molecule has 0 aliphatic carbocycles. The maximum Gasteiger partial charge on any atom is 0.185 e. The molecular weight excluding hydrogens is 230 g/mol. The Bertz CT molecular complexity index is 544. The highest BCUT2D eigenvalue weighted by Gasteiger charge is 2.11. The molecule has 0 atom stereocenters. The van der Waals surface area contributed by atoms with Gasteiger partial charge < -0.3 is 20.8 Å². The summed E-state index contributed by atoms with van der Waals surface area (Å²) in [5.41, 5.74) is 1.96. The van der Waals surface area contributed by atoms with Gasteiger partial charge in [0.15, 0.2) is 12.0 Å². The van der Waals surface area contributed by atoms with E-state index in [0.717, 1.165) is 43.4 Å². The first-order valence-electron chi connectivity index (χ1n) is 5.81. The number of hydrogen-bond acceptors (Lipinski definition) is 5. The highest BCUT2D eigenvalue weighted by molar-refractivity contribution is 5.87. The fraction of sp³-hybridized carbons (Fsp3) is 0.308. The molecule has 0 bridgehead atoms. The van der Waals surface area contributed by atoms with Gasteiger partial charge in [0, 0.05) is 37.3 Å². The first kappa shape index (κ1) is 12.6. The smallest absolute Gasteiger partial charge is 0.185 e. The molecule has 4 N–H and O–H groups in total. The van der Waals surface area contributed by atoms with Gasteiger partial charge in [0.2, 0.25) is 0 Å². The van der Waals surface area contributed by atoms with Crippen molar-refractivity contribution in [2.75, 3.05) is 31.1 Å². The van der Waals surface area contributed by atoms with Crippen LogP contribution >= 0.6 is 0 Å². The topological polar surface area (TPSA) is 80.5 Å². The number of hydrogen-bond donors (Lipinski definition) is 2. The first-order valence-corrected chi connectivity index (χ1v) is 5.81. The zero-order chi connectivity index (χ0) is 11.7. The predicted molar refractivity (Wildman–Crippen MR) is 71.7 cm³/mol. The van der Waals surface area contributed by atoms with Gasteiger partial charge in [0.05, 0.1) is 0 Å². The number of nitrogens with one attached hydrogen (secondary N) is 1. The van der Waals surface area contributed by atoms with E-state index in [1.807, 2.05) is 12.1 Å². The van der Waals surface area contributed by atoms with Crippen LogP contribution in [0.15, 0.2) is 28.7 Å². The molecule has 0 spiro atoms. The number of benzene rings is 1. The van der Waals surface area contributed by atoms with Crippen molar-refractivity contribution < 1.29 is 9.21 Å². The summed E-state index contributed by atoms with van der Waals surface area (Å²) in [4.78, 5) is 13.0. The summed E-state index contributed by atoms with van der Waals surface area (Å²) < 4.78 is 5.36. The minimum atomic E-state index is 0. The number of rotatable bonds is 2. The predicted octanol–water partition coefficient (Wildman–Crippen LogP) is 1.82. The lowest BCUT2D eigenvalue weighted by Gasteiger charge is -2.29. The molecule has 0 unspecified atom stereocenters. The van der Waals surface area contributed by atoms with Gasteiger partial charge in [-0.2, -0.15) is 0 Å². The Morgan fingerprint density at radius 2 is 2.00 bits per heavy atom. The number of carbonyl (C=O) groups excluding carboxylic acids is 1. The molecule has 2 aromatic rings. The molecule has 1 aromatic heterocycles. The van der Waals surface area contributed by atoms with Gasteiger partial charge in [0.25, 0.3) is 0 Å². The molecule has 5 heteroatoms. The summed E-state index contributed by atoms with van der Waals surface area (Å²) >= 11 is 0. The van der Waals surface area contributed by atoms with E-state index in [4.69, 9.17) is 4.42 Å². The lowest BCUT2D eigenvalue weighted by atomic mass is 10.2. The summed E-state index contributed by atoms with van der Waals surface area (Å²) in [6.07, 6.45) is 0.741. The first-order chi connectivity index (χ1) is 8.36. The van der Waals surface area contributed by atoms with Crippen LogP contribution in [0.3, 0.4) is 0 Å². The van der Waals surface area contributed by atoms with Crippen LogP contribution in [-0.4, -0.2) is 32.5 Å². The zero-order valence-electron chi connectivity index (χ0n) is 10.2. The molecule has 5 nitrogen and oxygen atoms in total. The third-order valence-electron chi connectivity index (χ3n) is 3.12. The van der Waals surface area contributed by atoms with E-state index in [2.05, 4.69) is 16.3 Å². The Hall–Kier alpha value is -1.85. The van der Waals surface area contributed by atoms with E-state index in [0.29, 0.717) is 5.76 Å². The van der Waals surface area contributed by atoms with Gasteiger partial charge in [-0.05, 0) is 24.3 Å². The number of fused-ring (bicyclic) bond motifs is 1. The van der Waals surface area contributed by atoms with Crippen molar-refractivity contribution in [1.82, 2.24) is 11.5 Å². The molecule has 18 heavy (non-hydrogen) atoms. The minimum Gasteiger partial charge on any atom is -0.453 e. The Kier molecular flexibility index (Phi) is 3.64. The quantitative estimate of drug-likeness (QED) is 0.791. The molecule has 1 saturated heterocycles. The van der Waals surface area contributed by atoms with Crippen LogP contribution in [0.25, 0.3) is 11.0 Å². The third-order valence-corrected chi connectivity index (χ3v) is 3.12. The number of carbonyl (C=O) groups is 1. The molecule has 1 aliphatic heterocycles. The van der Waals surface area contributed by atoms with Crippen molar-refractivity contribution >= 4 is 22.9 Å². The molecule has 0 amide bonds. The lowest BCUT2D eigenvalue weighted by Crippen LogP contribution is -2.43. The van der Waals surface area contributed by atoms with E-state index < -0.39 is 0 Å². The molecule has 96 valence electrons. The molecule has 2 heterocycles. The van der Waals surface area contributed by atoms with Crippen molar-refractivity contribution in [3.8, 4) is 0 Å². The minimum absolute atomic E-state index is 0. The maximum atomic E-state index is 10.7. The fourth-order valence-electron chi connectivity index (χ4n) is 2.23. The van der Waals surface area contributed by atoms with Crippen LogP contribution < -0.4 is 16.4 Å². The summed E-state index contributed by atoms with van der Waals surface area (Å²) in [6.45, 7) is 4.07. The van der Waals surface area contributed by atoms with Gasteiger partial charge in [0.1, 0.15) is 5.58 Å². The van der Waals surface area contributed by atoms with E-state index in [9.17, 15) is 4.79 Å². The van der Waals surface area contributed by atoms with Crippen molar-refractivity contribution in [3.05, 3.63) is 30.0 Å². The van der Waals surface area contributed by atoms with Gasteiger partial charge in [-0.25, -0.2) is 0 Å². The average molecular weight is 247 g/mol. The lowest BCUT2D eigenvalue weighted by molar-refractivity contribution is 0.110. The maximum absolute atomic E-state index is 10.7. The molecule has 1 aliphatic rings. The highest BCUT2D eigenvalue weighted by atomic mass is 16.3. The second-order valence-corrected chi connectivity index (χ2v) is 4.23. The van der Waals surface area contributed by atoms with Gasteiger partial charge in [-0.3, -0.25) is 4.79 Å². The van der Waals surface area contributed by atoms with Crippen LogP contribution in [0, 0.1) is 0 Å². The fourth-order valence-corrected chi connectivity index (χ4v) is 2.23. The van der Waals surface area contributed by atoms with Gasteiger partial charge >= 0.3 is 0 Å². The van der Waals surface area contributed by atoms with E-state index >= 15 is 0 Å². The Balaban J connectivity index is 0.00000120. The summed E-state index contributed by atoms with van der Waals surface area (Å²) in [5.74, 6) is 0.387. The number of piperazine rings is 1. The van der Waals surface area contributed by atoms with Crippen LogP contribution in [0.1, 0.15) is 10.6 Å². The van der Waals surface area contributed by atoms with E-state index in [1.54, 1.807) is 6.07 Å². The third kappa shape index (κ3) is 2.23. The van der Waals surface area contributed by atoms with Crippen molar-refractivity contribution in [3.63, 3.8) is 0 Å². The molecule has 3 rings (SSSR count). The second-order valence-electron chi connectivity index (χ2n) is 4.23. The monoisotopic (exact) mass is 247 g/mol. The highest BCUT2D eigenvalue weighted by Crippen LogP contribution is 2.24. The van der Waals surface area contributed by atoms with Crippen molar-refractivity contribution in [1.29, 1.82) is 0 Å². The standard InChI is InChI=1S/C13H14N2O2.H3N/c16-9-12-8-10-7-11(1-2-13(10)17-12)15-5-3-14-4-6-15;/h1-2,7-9,14H,3-6H2;1H3. The Morgan fingerprint density at radius 1 is 1.22 bits per heavy atom. The normalized spacial score (nSPS) is 15.4. The van der Waals surface area contributed by atoms with E-state index in [-0.39, 0.29) is 6.15 Å². The molecule has 1 aromatic carbocycles. The van der Waals surface area contributed by atoms with Crippen LogP contribution in [0.4, 0.5) is 5.69 Å². The van der Waals surface area contributed by atoms with E-state index in [1.165, 1.54) is 5.69 Å². The molecule has 0 radical (unpaired) electrons. The number of aldehydes is 1. The Labute approximate surface area is 105 Å². The van der Waals surface area contributed by atoms with Crippen molar-refractivity contribution in [2.24, 2.45) is 0 Å². The second kappa shape index (κ2) is 5.20. The average Bonchev–Trinajstić information content (AvgIpc) is 2.81. The van der Waals surface area contributed by atoms with Crippen molar-refractivity contribution in [2.45, 2.75) is 0 Å². The van der Waals surface area contributed by atoms with Crippen LogP contribution in [-0.2, 0) is 0 Å². The number of anilines is 1. The van der Waals surface area contributed by atoms with Crippen LogP contribution in [0.2, 0.25) is 0 Å². The molecular formula is C13H17N3O2. The molecule has 0 saturated carbocycles. The Morgan fingerprint density at radius 3 is 2.72 bits per heavy atom. The summed E-state index contributed by atoms with van der Waals surface area (Å²) in [6, 6.07) is 7.84. The van der Waals surface area contributed by atoms with Crippen LogP contribution in [0.5, 0.6) is 0 Å².